The Hall–Kier alpha value is -1.79. The number of rotatable bonds is 6. The van der Waals surface area contributed by atoms with Crippen LogP contribution in [0.4, 0.5) is 4.79 Å². The van der Waals surface area contributed by atoms with E-state index in [1.165, 1.54) is 11.9 Å². The summed E-state index contributed by atoms with van der Waals surface area (Å²) in [5, 5.41) is 11.4. The van der Waals surface area contributed by atoms with Crippen LogP contribution in [-0.4, -0.2) is 66.0 Å². The van der Waals surface area contributed by atoms with Gasteiger partial charge in [0.1, 0.15) is 0 Å². The number of carbonyl (C=O) groups excluding carboxylic acids is 2. The number of carboxylic acid groups (broad SMARTS) is 1. The minimum atomic E-state index is -0.936. The molecule has 2 N–H and O–H groups in total. The summed E-state index contributed by atoms with van der Waals surface area (Å²) in [6.45, 7) is 3.58. The molecule has 0 aromatic carbocycles. The molecule has 7 heteroatoms. The largest absolute Gasteiger partial charge is 0.481 e. The van der Waals surface area contributed by atoms with Gasteiger partial charge in [-0.15, -0.1) is 0 Å². The summed E-state index contributed by atoms with van der Waals surface area (Å²) in [5.41, 5.74) is 0. The molecule has 7 nitrogen and oxygen atoms in total. The fourth-order valence-electron chi connectivity index (χ4n) is 2.11. The van der Waals surface area contributed by atoms with Crippen LogP contribution in [0.5, 0.6) is 0 Å². The Morgan fingerprint density at radius 1 is 1.30 bits per heavy atom. The quantitative estimate of drug-likeness (QED) is 0.737. The predicted octanol–water partition coefficient (Wildman–Crippen LogP) is 0.361. The van der Waals surface area contributed by atoms with Gasteiger partial charge in [0.25, 0.3) is 0 Å². The first-order chi connectivity index (χ1) is 9.41. The number of carboxylic acids is 1. The van der Waals surface area contributed by atoms with Gasteiger partial charge in [0, 0.05) is 39.6 Å². The van der Waals surface area contributed by atoms with Crippen molar-refractivity contribution < 1.29 is 19.5 Å². The van der Waals surface area contributed by atoms with Gasteiger partial charge in [0.05, 0.1) is 5.92 Å². The first-order valence-corrected chi connectivity index (χ1v) is 6.91. The van der Waals surface area contributed by atoms with Crippen molar-refractivity contribution in [1.82, 2.24) is 15.1 Å². The van der Waals surface area contributed by atoms with Crippen LogP contribution in [0.25, 0.3) is 0 Å². The fraction of sp³-hybridized carbons (Fsp3) is 0.769. The normalized spacial score (nSPS) is 15.8. The number of nitrogens with one attached hydrogen (secondary N) is 1. The van der Waals surface area contributed by atoms with Crippen molar-refractivity contribution in [1.29, 1.82) is 0 Å². The minimum absolute atomic E-state index is 0.0596. The Kier molecular flexibility index (Phi) is 6.27. The van der Waals surface area contributed by atoms with Crippen LogP contribution in [0.1, 0.15) is 26.2 Å². The Labute approximate surface area is 118 Å². The zero-order valence-corrected chi connectivity index (χ0v) is 12.1. The molecule has 1 unspecified atom stereocenters. The van der Waals surface area contributed by atoms with E-state index in [9.17, 15) is 14.4 Å². The van der Waals surface area contributed by atoms with E-state index in [-0.39, 0.29) is 31.4 Å². The molecular formula is C13H23N3O4. The highest BCUT2D eigenvalue weighted by atomic mass is 16.4. The molecule has 0 aliphatic carbocycles. The lowest BCUT2D eigenvalue weighted by Crippen LogP contribution is -2.42. The lowest BCUT2D eigenvalue weighted by molar-refractivity contribution is -0.141. The number of hydrogen-bond donors (Lipinski definition) is 2. The van der Waals surface area contributed by atoms with E-state index in [4.69, 9.17) is 5.11 Å². The molecule has 0 aromatic rings. The van der Waals surface area contributed by atoms with Crippen molar-refractivity contribution >= 4 is 17.9 Å². The lowest BCUT2D eigenvalue weighted by Gasteiger charge is -2.20. The summed E-state index contributed by atoms with van der Waals surface area (Å²) in [4.78, 5) is 37.3. The molecule has 1 saturated heterocycles. The van der Waals surface area contributed by atoms with E-state index in [1.807, 2.05) is 4.90 Å². The van der Waals surface area contributed by atoms with Crippen LogP contribution in [0.15, 0.2) is 0 Å². The Morgan fingerprint density at radius 3 is 2.45 bits per heavy atom. The zero-order valence-electron chi connectivity index (χ0n) is 12.1. The second-order valence-corrected chi connectivity index (χ2v) is 5.19. The smallest absolute Gasteiger partial charge is 0.317 e. The van der Waals surface area contributed by atoms with Crippen molar-refractivity contribution in [2.45, 2.75) is 26.2 Å². The predicted molar refractivity (Wildman–Crippen MR) is 73.3 cm³/mol. The third kappa shape index (κ3) is 5.07. The third-order valence-corrected chi connectivity index (χ3v) is 3.39. The number of amides is 3. The van der Waals surface area contributed by atoms with Crippen molar-refractivity contribution in [2.24, 2.45) is 5.92 Å². The molecule has 0 bridgehead atoms. The number of carbonyl (C=O) groups is 3. The molecular weight excluding hydrogens is 262 g/mol. The highest BCUT2D eigenvalue weighted by molar-refractivity contribution is 5.79. The average molecular weight is 285 g/mol. The number of nitrogens with zero attached hydrogens (tertiary/aromatic N) is 2. The maximum Gasteiger partial charge on any atom is 0.317 e. The topological polar surface area (TPSA) is 90.0 Å². The summed E-state index contributed by atoms with van der Waals surface area (Å²) in [5.74, 6) is -1.49. The molecule has 0 saturated carbocycles. The van der Waals surface area contributed by atoms with E-state index in [2.05, 4.69) is 5.32 Å². The maximum atomic E-state index is 11.7. The van der Waals surface area contributed by atoms with Crippen LogP contribution >= 0.6 is 0 Å². The van der Waals surface area contributed by atoms with E-state index >= 15 is 0 Å². The van der Waals surface area contributed by atoms with Crippen LogP contribution in [0.3, 0.4) is 0 Å². The van der Waals surface area contributed by atoms with Crippen LogP contribution in [0, 0.1) is 5.92 Å². The highest BCUT2D eigenvalue weighted by Crippen LogP contribution is 2.08. The second kappa shape index (κ2) is 7.72. The van der Waals surface area contributed by atoms with Gasteiger partial charge in [-0.1, -0.05) is 6.92 Å². The van der Waals surface area contributed by atoms with Crippen molar-refractivity contribution in [3.8, 4) is 0 Å². The van der Waals surface area contributed by atoms with Gasteiger partial charge in [-0.3, -0.25) is 9.59 Å². The third-order valence-electron chi connectivity index (χ3n) is 3.39. The summed E-state index contributed by atoms with van der Waals surface area (Å²) < 4.78 is 0. The molecule has 0 spiro atoms. The van der Waals surface area contributed by atoms with Crippen LogP contribution in [0.2, 0.25) is 0 Å². The zero-order chi connectivity index (χ0) is 15.1. The molecule has 1 heterocycles. The average Bonchev–Trinajstić information content (AvgIpc) is 2.91. The molecule has 0 aromatic heterocycles. The van der Waals surface area contributed by atoms with Gasteiger partial charge in [0.15, 0.2) is 0 Å². The monoisotopic (exact) mass is 285 g/mol. The fourth-order valence-corrected chi connectivity index (χ4v) is 2.11. The Balaban J connectivity index is 2.21. The minimum Gasteiger partial charge on any atom is -0.481 e. The van der Waals surface area contributed by atoms with E-state index in [1.54, 1.807) is 6.92 Å². The maximum absolute atomic E-state index is 11.7. The second-order valence-electron chi connectivity index (χ2n) is 5.19. The van der Waals surface area contributed by atoms with Crippen molar-refractivity contribution in [2.75, 3.05) is 33.2 Å². The van der Waals surface area contributed by atoms with Crippen molar-refractivity contribution in [3.63, 3.8) is 0 Å². The number of likely N-dealkylation sites (tertiary alicyclic amines) is 1. The summed E-state index contributed by atoms with van der Waals surface area (Å²) in [7, 11) is 1.54. The SMILES string of the molecule is CC(CN(C)C(=O)NCCC(=O)N1CCCC1)C(=O)O. The molecule has 3 amide bonds. The molecule has 114 valence electrons. The van der Waals surface area contributed by atoms with Crippen LogP contribution < -0.4 is 5.32 Å². The lowest BCUT2D eigenvalue weighted by atomic mass is 10.2. The van der Waals surface area contributed by atoms with E-state index < -0.39 is 11.9 Å². The summed E-state index contributed by atoms with van der Waals surface area (Å²) >= 11 is 0. The summed E-state index contributed by atoms with van der Waals surface area (Å²) in [6.07, 6.45) is 2.38. The van der Waals surface area contributed by atoms with Gasteiger partial charge in [-0.05, 0) is 12.8 Å². The highest BCUT2D eigenvalue weighted by Gasteiger charge is 2.19. The standard InChI is InChI=1S/C13H23N3O4/c1-10(12(18)19)9-15(2)13(20)14-6-5-11(17)16-7-3-4-8-16/h10H,3-9H2,1-2H3,(H,14,20)(H,18,19). The Morgan fingerprint density at radius 2 is 1.90 bits per heavy atom. The van der Waals surface area contributed by atoms with Gasteiger partial charge < -0.3 is 20.2 Å². The number of aliphatic carboxylic acids is 1. The molecule has 20 heavy (non-hydrogen) atoms. The number of hydrogen-bond acceptors (Lipinski definition) is 3. The van der Waals surface area contributed by atoms with E-state index in [0.29, 0.717) is 0 Å². The van der Waals surface area contributed by atoms with Crippen molar-refractivity contribution in [3.05, 3.63) is 0 Å². The molecule has 0 radical (unpaired) electrons. The first-order valence-electron chi connectivity index (χ1n) is 6.91. The van der Waals surface area contributed by atoms with Gasteiger partial charge in [-0.25, -0.2) is 4.79 Å². The molecule has 1 rings (SSSR count). The molecule has 1 fully saturated rings. The van der Waals surface area contributed by atoms with Gasteiger partial charge in [0.2, 0.25) is 5.91 Å². The van der Waals surface area contributed by atoms with Crippen LogP contribution in [-0.2, 0) is 9.59 Å². The molecule has 1 aliphatic heterocycles. The first kappa shape index (κ1) is 16.3. The van der Waals surface area contributed by atoms with Gasteiger partial charge >= 0.3 is 12.0 Å². The molecule has 1 atom stereocenters. The summed E-state index contributed by atoms with van der Waals surface area (Å²) in [6, 6.07) is -0.354. The number of urea groups is 1. The van der Waals surface area contributed by atoms with Gasteiger partial charge in [-0.2, -0.15) is 0 Å². The van der Waals surface area contributed by atoms with E-state index in [0.717, 1.165) is 25.9 Å². The molecule has 1 aliphatic rings. The Bertz CT molecular complexity index is 367.